The fourth-order valence-electron chi connectivity index (χ4n) is 8.52. The van der Waals surface area contributed by atoms with E-state index in [-0.39, 0.29) is 0 Å². The lowest BCUT2D eigenvalue weighted by Gasteiger charge is -2.23. The Morgan fingerprint density at radius 2 is 0.940 bits per heavy atom. The number of fused-ring (bicyclic) bond motifs is 6. The molecule has 0 heteroatoms. The molecule has 0 bridgehead atoms. The second kappa shape index (κ2) is 11.7. The first-order valence-electron chi connectivity index (χ1n) is 17.6. The van der Waals surface area contributed by atoms with Crippen molar-refractivity contribution in [2.75, 3.05) is 0 Å². The van der Waals surface area contributed by atoms with Crippen molar-refractivity contribution in [3.8, 4) is 33.4 Å². The topological polar surface area (TPSA) is 0 Å². The summed E-state index contributed by atoms with van der Waals surface area (Å²) in [5.41, 5.74) is 11.7. The van der Waals surface area contributed by atoms with Gasteiger partial charge >= 0.3 is 0 Å². The minimum Gasteiger partial charge on any atom is -0.0830 e. The second-order valence-corrected chi connectivity index (χ2v) is 13.6. The van der Waals surface area contributed by atoms with Crippen LogP contribution in [-0.2, 0) is 0 Å². The zero-order valence-corrected chi connectivity index (χ0v) is 27.7. The zero-order valence-electron chi connectivity index (χ0n) is 27.7. The largest absolute Gasteiger partial charge is 0.0830 e. The standard InChI is InChI=1S/C50H34/c1-3-18-39-33(13-1)15-12-26-40(39)36-16-11-17-38(31-36)50-46-24-9-7-22-44(46)49(45-23-8-10-25-47(45)50)35-29-27-34(28-30-35)48-32-37-14-2-4-19-41(37)42-20-5-6-21-43(42)48/h1-25,27-32,40H,26H2. The Morgan fingerprint density at radius 1 is 0.380 bits per heavy atom. The van der Waals surface area contributed by atoms with Gasteiger partial charge in [0, 0.05) is 5.92 Å². The second-order valence-electron chi connectivity index (χ2n) is 13.6. The Balaban J connectivity index is 1.14. The molecule has 0 N–H and O–H groups in total. The minimum atomic E-state index is 0.353. The van der Waals surface area contributed by atoms with E-state index in [1.54, 1.807) is 0 Å². The SMILES string of the molecule is C1=Cc2ccccc2C(c2cccc(-c3c4ccccc4c(-c4ccc(-c5cc6ccccc6c6ccccc56)cc4)c4ccccc34)c2)C1. The van der Waals surface area contributed by atoms with E-state index < -0.39 is 0 Å². The molecule has 0 saturated carbocycles. The third kappa shape index (κ3) is 4.60. The highest BCUT2D eigenvalue weighted by Gasteiger charge is 2.21. The van der Waals surface area contributed by atoms with Crippen LogP contribution in [0.2, 0.25) is 0 Å². The van der Waals surface area contributed by atoms with Gasteiger partial charge in [-0.25, -0.2) is 0 Å². The molecule has 0 fully saturated rings. The van der Waals surface area contributed by atoms with Gasteiger partial charge in [-0.3, -0.25) is 0 Å². The van der Waals surface area contributed by atoms with Crippen LogP contribution in [-0.4, -0.2) is 0 Å². The van der Waals surface area contributed by atoms with Crippen LogP contribution in [0.25, 0.3) is 82.5 Å². The summed E-state index contributed by atoms with van der Waals surface area (Å²) in [4.78, 5) is 0. The summed E-state index contributed by atoms with van der Waals surface area (Å²) in [6.07, 6.45) is 5.62. The summed E-state index contributed by atoms with van der Waals surface area (Å²) in [7, 11) is 0. The molecular formula is C50H34. The van der Waals surface area contributed by atoms with Crippen LogP contribution in [0.1, 0.15) is 29.0 Å². The molecule has 0 saturated heterocycles. The number of hydrogen-bond donors (Lipinski definition) is 0. The molecule has 234 valence electrons. The van der Waals surface area contributed by atoms with E-state index in [9.17, 15) is 0 Å². The molecule has 1 aliphatic carbocycles. The van der Waals surface area contributed by atoms with Crippen LogP contribution in [0.3, 0.4) is 0 Å². The van der Waals surface area contributed by atoms with Gasteiger partial charge in [0.15, 0.2) is 0 Å². The molecule has 1 aliphatic rings. The minimum absolute atomic E-state index is 0.353. The zero-order chi connectivity index (χ0) is 33.0. The number of benzene rings is 9. The van der Waals surface area contributed by atoms with Gasteiger partial charge in [0.1, 0.15) is 0 Å². The van der Waals surface area contributed by atoms with Gasteiger partial charge in [-0.2, -0.15) is 0 Å². The Hall–Kier alpha value is -6.24. The van der Waals surface area contributed by atoms with Crippen LogP contribution < -0.4 is 0 Å². The third-order valence-corrected chi connectivity index (χ3v) is 10.8. The van der Waals surface area contributed by atoms with Crippen molar-refractivity contribution in [2.24, 2.45) is 0 Å². The molecular weight excluding hydrogens is 601 g/mol. The van der Waals surface area contributed by atoms with E-state index in [1.165, 1.54) is 93.2 Å². The number of rotatable bonds is 4. The first-order chi connectivity index (χ1) is 24.8. The molecule has 0 spiro atoms. The van der Waals surface area contributed by atoms with Crippen molar-refractivity contribution in [1.29, 1.82) is 0 Å². The fourth-order valence-corrected chi connectivity index (χ4v) is 8.52. The third-order valence-electron chi connectivity index (χ3n) is 10.8. The van der Waals surface area contributed by atoms with E-state index >= 15 is 0 Å². The quantitative estimate of drug-likeness (QED) is 0.133. The molecule has 1 atom stereocenters. The molecule has 9 aromatic rings. The number of hydrogen-bond acceptors (Lipinski definition) is 0. The average Bonchev–Trinajstić information content (AvgIpc) is 3.19. The Labute approximate surface area is 292 Å². The smallest absolute Gasteiger partial charge is 0.0130 e. The highest BCUT2D eigenvalue weighted by Crippen LogP contribution is 2.45. The summed E-state index contributed by atoms with van der Waals surface area (Å²) in [6.45, 7) is 0. The van der Waals surface area contributed by atoms with Crippen LogP contribution >= 0.6 is 0 Å². The maximum Gasteiger partial charge on any atom is 0.0130 e. The van der Waals surface area contributed by atoms with Gasteiger partial charge in [0.05, 0.1) is 0 Å². The van der Waals surface area contributed by atoms with Crippen LogP contribution in [0.15, 0.2) is 182 Å². The van der Waals surface area contributed by atoms with Crippen molar-refractivity contribution in [1.82, 2.24) is 0 Å². The van der Waals surface area contributed by atoms with Gasteiger partial charge in [-0.1, -0.05) is 182 Å². The van der Waals surface area contributed by atoms with Gasteiger partial charge < -0.3 is 0 Å². The average molecular weight is 635 g/mol. The first kappa shape index (κ1) is 28.7. The lowest BCUT2D eigenvalue weighted by atomic mass is 9.80. The maximum absolute atomic E-state index is 2.44. The summed E-state index contributed by atoms with van der Waals surface area (Å²) in [5.74, 6) is 0.353. The van der Waals surface area contributed by atoms with Crippen LogP contribution in [0.4, 0.5) is 0 Å². The van der Waals surface area contributed by atoms with E-state index in [4.69, 9.17) is 0 Å². The molecule has 0 aromatic heterocycles. The monoisotopic (exact) mass is 634 g/mol. The van der Waals surface area contributed by atoms with Crippen LogP contribution in [0.5, 0.6) is 0 Å². The lowest BCUT2D eigenvalue weighted by molar-refractivity contribution is 0.820. The highest BCUT2D eigenvalue weighted by molar-refractivity contribution is 6.21. The van der Waals surface area contributed by atoms with Crippen molar-refractivity contribution < 1.29 is 0 Å². The first-order valence-corrected chi connectivity index (χ1v) is 17.6. The molecule has 0 nitrogen and oxygen atoms in total. The Bertz CT molecular complexity index is 2720. The van der Waals surface area contributed by atoms with Crippen molar-refractivity contribution in [2.45, 2.75) is 12.3 Å². The predicted octanol–water partition coefficient (Wildman–Crippen LogP) is 13.8. The predicted molar refractivity (Wildman–Crippen MR) is 215 cm³/mol. The van der Waals surface area contributed by atoms with Gasteiger partial charge in [0.2, 0.25) is 0 Å². The fraction of sp³-hybridized carbons (Fsp3) is 0.0400. The van der Waals surface area contributed by atoms with E-state index in [0.717, 1.165) is 6.42 Å². The Kier molecular flexibility index (Phi) is 6.74. The van der Waals surface area contributed by atoms with E-state index in [1.807, 2.05) is 0 Å². The van der Waals surface area contributed by atoms with E-state index in [2.05, 4.69) is 188 Å². The van der Waals surface area contributed by atoms with Crippen molar-refractivity contribution in [3.05, 3.63) is 199 Å². The summed E-state index contributed by atoms with van der Waals surface area (Å²) < 4.78 is 0. The molecule has 10 rings (SSSR count). The molecule has 9 aromatic carbocycles. The summed E-state index contributed by atoms with van der Waals surface area (Å²) in [5, 5.41) is 10.3. The van der Waals surface area contributed by atoms with E-state index in [0.29, 0.717) is 5.92 Å². The van der Waals surface area contributed by atoms with Crippen LogP contribution in [0, 0.1) is 0 Å². The number of allylic oxidation sites excluding steroid dienone is 1. The molecule has 1 unspecified atom stereocenters. The molecule has 0 aliphatic heterocycles. The molecule has 0 radical (unpaired) electrons. The molecule has 50 heavy (non-hydrogen) atoms. The van der Waals surface area contributed by atoms with Crippen molar-refractivity contribution in [3.63, 3.8) is 0 Å². The lowest BCUT2D eigenvalue weighted by Crippen LogP contribution is -2.05. The highest BCUT2D eigenvalue weighted by atomic mass is 14.2. The summed E-state index contributed by atoms with van der Waals surface area (Å²) in [6, 6.07) is 65.2. The van der Waals surface area contributed by atoms with Gasteiger partial charge in [-0.05, 0) is 106 Å². The molecule has 0 heterocycles. The summed E-state index contributed by atoms with van der Waals surface area (Å²) >= 11 is 0. The van der Waals surface area contributed by atoms with Gasteiger partial charge in [0.25, 0.3) is 0 Å². The normalized spacial score (nSPS) is 14.0. The van der Waals surface area contributed by atoms with Gasteiger partial charge in [-0.15, -0.1) is 0 Å². The molecule has 0 amide bonds. The van der Waals surface area contributed by atoms with Crippen molar-refractivity contribution >= 4 is 49.2 Å². The Morgan fingerprint density at radius 3 is 1.66 bits per heavy atom. The maximum atomic E-state index is 2.44.